The molecule has 1 nitrogen and oxygen atoms in total. The van der Waals surface area contributed by atoms with E-state index in [-0.39, 0.29) is 0 Å². The number of halogens is 5. The summed E-state index contributed by atoms with van der Waals surface area (Å²) in [6, 6.07) is -0.459. The third-order valence-electron chi connectivity index (χ3n) is 1.47. The Morgan fingerprint density at radius 3 is 1.69 bits per heavy atom. The fourth-order valence-corrected chi connectivity index (χ4v) is 1.53. The molecule has 0 rings (SSSR count). The molecule has 13 heavy (non-hydrogen) atoms. The second-order valence-corrected chi connectivity index (χ2v) is 7.64. The largest absolute Gasteiger partial charge is 0.453 e. The first-order valence-electron chi connectivity index (χ1n) is 3.63. The Balaban J connectivity index is 4.21. The third kappa shape index (κ3) is 4.56. The molecular formula is C6H11F5OSi. The van der Waals surface area contributed by atoms with Gasteiger partial charge in [0, 0.05) is 6.42 Å². The zero-order chi connectivity index (χ0) is 10.9. The van der Waals surface area contributed by atoms with Gasteiger partial charge in [0.15, 0.2) is 8.32 Å². The first-order chi connectivity index (χ1) is 5.46. The first kappa shape index (κ1) is 12.8. The minimum absolute atomic E-state index is 0.459. The summed E-state index contributed by atoms with van der Waals surface area (Å²) in [5, 5.41) is 0. The number of rotatable bonds is 3. The van der Waals surface area contributed by atoms with Crippen molar-refractivity contribution in [3.63, 3.8) is 0 Å². The fourth-order valence-electron chi connectivity index (χ4n) is 0.605. The van der Waals surface area contributed by atoms with Crippen molar-refractivity contribution < 1.29 is 26.7 Å². The van der Waals surface area contributed by atoms with Crippen LogP contribution >= 0.6 is 0 Å². The lowest BCUT2D eigenvalue weighted by Gasteiger charge is -2.22. The van der Waals surface area contributed by atoms with Crippen LogP contribution in [-0.4, -0.2) is 25.2 Å². The van der Waals surface area contributed by atoms with Gasteiger partial charge in [-0.3, -0.25) is 0 Å². The first-order valence-corrected chi connectivity index (χ1v) is 6.78. The maximum absolute atomic E-state index is 12.2. The minimum atomic E-state index is -5.51. The van der Waals surface area contributed by atoms with Gasteiger partial charge in [-0.15, -0.1) is 0 Å². The third-order valence-corrected chi connectivity index (χ3v) is 2.94. The Kier molecular flexibility index (Phi) is 3.48. The smallest absolute Gasteiger partial charge is 0.432 e. The number of hydrogen-bond donors (Lipinski definition) is 1. The van der Waals surface area contributed by atoms with Gasteiger partial charge in [0.25, 0.3) is 0 Å². The summed E-state index contributed by atoms with van der Waals surface area (Å²) in [4.78, 5) is 9.08. The Bertz CT molecular complexity index is 171. The normalized spacial score (nSPS) is 14.8. The van der Waals surface area contributed by atoms with Crippen molar-refractivity contribution in [2.75, 3.05) is 0 Å². The predicted molar refractivity (Wildman–Crippen MR) is 40.1 cm³/mol. The van der Waals surface area contributed by atoms with Crippen molar-refractivity contribution in [3.05, 3.63) is 0 Å². The molecule has 0 aliphatic rings. The van der Waals surface area contributed by atoms with Gasteiger partial charge in [-0.2, -0.15) is 22.0 Å². The van der Waals surface area contributed by atoms with Gasteiger partial charge in [-0.1, -0.05) is 0 Å². The highest BCUT2D eigenvalue weighted by Crippen LogP contribution is 2.39. The van der Waals surface area contributed by atoms with Crippen molar-refractivity contribution in [1.82, 2.24) is 0 Å². The van der Waals surface area contributed by atoms with Crippen molar-refractivity contribution in [3.8, 4) is 0 Å². The number of alkyl halides is 5. The SMILES string of the molecule is C[Si](C)(O)CCC(F)(F)C(F)(F)F. The Morgan fingerprint density at radius 2 is 1.46 bits per heavy atom. The van der Waals surface area contributed by atoms with Gasteiger partial charge in [0.2, 0.25) is 0 Å². The molecule has 0 saturated carbocycles. The van der Waals surface area contributed by atoms with E-state index < -0.39 is 32.9 Å². The van der Waals surface area contributed by atoms with Gasteiger partial charge in [0.05, 0.1) is 0 Å². The molecule has 0 atom stereocenters. The Hall–Kier alpha value is -0.173. The molecule has 0 aromatic heterocycles. The zero-order valence-electron chi connectivity index (χ0n) is 7.25. The highest BCUT2D eigenvalue weighted by molar-refractivity contribution is 6.69. The molecule has 0 aromatic carbocycles. The van der Waals surface area contributed by atoms with E-state index in [9.17, 15) is 22.0 Å². The molecule has 0 aromatic rings. The van der Waals surface area contributed by atoms with Gasteiger partial charge in [-0.05, 0) is 19.1 Å². The van der Waals surface area contributed by atoms with Crippen molar-refractivity contribution in [2.45, 2.75) is 37.7 Å². The van der Waals surface area contributed by atoms with E-state index in [1.807, 2.05) is 0 Å². The summed E-state index contributed by atoms with van der Waals surface area (Å²) in [6.45, 7) is 2.64. The molecule has 1 N–H and O–H groups in total. The summed E-state index contributed by atoms with van der Waals surface area (Å²) < 4.78 is 59.3. The molecule has 0 aliphatic carbocycles. The second-order valence-electron chi connectivity index (χ2n) is 3.51. The topological polar surface area (TPSA) is 20.2 Å². The standard InChI is InChI=1S/C6H11F5OSi/c1-13(2,12)4-3-5(7,8)6(9,10)11/h12H,3-4H2,1-2H3. The lowest BCUT2D eigenvalue weighted by atomic mass is 10.2. The van der Waals surface area contributed by atoms with E-state index in [0.29, 0.717) is 0 Å². The van der Waals surface area contributed by atoms with Gasteiger partial charge >= 0.3 is 12.1 Å². The molecule has 0 spiro atoms. The van der Waals surface area contributed by atoms with Crippen LogP contribution in [0, 0.1) is 0 Å². The van der Waals surface area contributed by atoms with E-state index in [1.165, 1.54) is 13.1 Å². The van der Waals surface area contributed by atoms with Crippen LogP contribution in [0.1, 0.15) is 6.42 Å². The maximum atomic E-state index is 12.2. The summed E-state index contributed by atoms with van der Waals surface area (Å²) in [6.07, 6.45) is -6.83. The monoisotopic (exact) mass is 222 g/mol. The van der Waals surface area contributed by atoms with E-state index in [1.54, 1.807) is 0 Å². The highest BCUT2D eigenvalue weighted by atomic mass is 28.4. The van der Waals surface area contributed by atoms with Crippen molar-refractivity contribution in [1.29, 1.82) is 0 Å². The molecule has 0 saturated heterocycles. The van der Waals surface area contributed by atoms with Crippen LogP contribution in [-0.2, 0) is 0 Å². The van der Waals surface area contributed by atoms with Gasteiger partial charge in [-0.25, -0.2) is 0 Å². The molecule has 80 valence electrons. The minimum Gasteiger partial charge on any atom is -0.432 e. The lowest BCUT2D eigenvalue weighted by molar-refractivity contribution is -0.282. The van der Waals surface area contributed by atoms with Crippen LogP contribution in [0.15, 0.2) is 0 Å². The molecule has 0 unspecified atom stereocenters. The summed E-state index contributed by atoms with van der Waals surface area (Å²) in [5.41, 5.74) is 0. The Morgan fingerprint density at radius 1 is 1.08 bits per heavy atom. The molecule has 0 bridgehead atoms. The van der Waals surface area contributed by atoms with Crippen molar-refractivity contribution >= 4 is 8.32 Å². The molecule has 0 fully saturated rings. The molecule has 0 amide bonds. The van der Waals surface area contributed by atoms with Crippen molar-refractivity contribution in [2.24, 2.45) is 0 Å². The van der Waals surface area contributed by atoms with Gasteiger partial charge in [0.1, 0.15) is 0 Å². The van der Waals surface area contributed by atoms with Crippen LogP contribution in [0.3, 0.4) is 0 Å². The quantitative estimate of drug-likeness (QED) is 0.575. The molecule has 7 heteroatoms. The fraction of sp³-hybridized carbons (Fsp3) is 1.00. The van der Waals surface area contributed by atoms with E-state index in [4.69, 9.17) is 4.80 Å². The van der Waals surface area contributed by atoms with Crippen LogP contribution in [0.2, 0.25) is 19.1 Å². The predicted octanol–water partition coefficient (Wildman–Crippen LogP) is 2.77. The van der Waals surface area contributed by atoms with Crippen LogP contribution in [0.5, 0.6) is 0 Å². The lowest BCUT2D eigenvalue weighted by Crippen LogP contribution is -2.39. The molecule has 0 radical (unpaired) electrons. The summed E-state index contributed by atoms with van der Waals surface area (Å²) in [5.74, 6) is -4.68. The maximum Gasteiger partial charge on any atom is 0.453 e. The summed E-state index contributed by atoms with van der Waals surface area (Å²) in [7, 11) is -2.83. The number of hydrogen-bond acceptors (Lipinski definition) is 1. The molecular weight excluding hydrogens is 211 g/mol. The van der Waals surface area contributed by atoms with Gasteiger partial charge < -0.3 is 4.80 Å². The van der Waals surface area contributed by atoms with Crippen LogP contribution in [0.4, 0.5) is 22.0 Å². The average Bonchev–Trinajstić information content (AvgIpc) is 1.79. The van der Waals surface area contributed by atoms with E-state index in [2.05, 4.69) is 0 Å². The molecule has 0 heterocycles. The Labute approximate surface area is 73.7 Å². The van der Waals surface area contributed by atoms with Crippen LogP contribution < -0.4 is 0 Å². The van der Waals surface area contributed by atoms with E-state index >= 15 is 0 Å². The molecule has 0 aliphatic heterocycles. The van der Waals surface area contributed by atoms with E-state index in [0.717, 1.165) is 0 Å². The highest BCUT2D eigenvalue weighted by Gasteiger charge is 2.57. The summed E-state index contributed by atoms with van der Waals surface area (Å²) >= 11 is 0. The average molecular weight is 222 g/mol. The zero-order valence-corrected chi connectivity index (χ0v) is 8.25. The second kappa shape index (κ2) is 3.53. The van der Waals surface area contributed by atoms with Crippen LogP contribution in [0.25, 0.3) is 0 Å².